The van der Waals surface area contributed by atoms with Crippen molar-refractivity contribution in [3.8, 4) is 34.4 Å². The van der Waals surface area contributed by atoms with Crippen LogP contribution in [0, 0.1) is 0 Å². The summed E-state index contributed by atoms with van der Waals surface area (Å²) in [7, 11) is 6.60. The maximum atomic E-state index is 4.67. The second-order valence-corrected chi connectivity index (χ2v) is 8.57. The topological polar surface area (TPSA) is 79.2 Å². The summed E-state index contributed by atoms with van der Waals surface area (Å²) in [5, 5.41) is 0. The Morgan fingerprint density at radius 2 is 0.952 bits per heavy atom. The standard InChI is InChI=1S/2C14H11N3.C4H6N2.ClH.Os/c2*1-2-6-12(7-3-1)17-11-10-16-14(17)13-8-4-5-9-15-13;1-6-3-2-5-4-6;;/h2*1-11H;2-4H,1H3;1H;/q;;;;+1/p-1. The van der Waals surface area contributed by atoms with Crippen LogP contribution in [0.25, 0.3) is 34.4 Å². The van der Waals surface area contributed by atoms with Crippen LogP contribution in [0.2, 0.25) is 0 Å². The van der Waals surface area contributed by atoms with E-state index in [4.69, 9.17) is 0 Å². The van der Waals surface area contributed by atoms with Crippen LogP contribution in [-0.2, 0) is 24.6 Å². The molecule has 0 amide bonds. The van der Waals surface area contributed by atoms with E-state index in [1.54, 1.807) is 37.3 Å². The third-order valence-electron chi connectivity index (χ3n) is 5.77. The molecule has 0 atom stereocenters. The Hall–Kier alpha value is -4.70. The summed E-state index contributed by atoms with van der Waals surface area (Å²) in [6.45, 7) is 0. The molecule has 0 N–H and O–H groups in total. The van der Waals surface area contributed by atoms with Crippen molar-refractivity contribution in [2.45, 2.75) is 0 Å². The summed E-state index contributed by atoms with van der Waals surface area (Å²) in [6, 6.07) is 31.9. The van der Waals surface area contributed by atoms with Gasteiger partial charge in [-0.2, -0.15) is 0 Å². The van der Waals surface area contributed by atoms with E-state index < -0.39 is 0 Å². The van der Waals surface area contributed by atoms with Gasteiger partial charge in [-0.1, -0.05) is 48.5 Å². The van der Waals surface area contributed by atoms with Gasteiger partial charge >= 0.3 is 27.2 Å². The van der Waals surface area contributed by atoms with E-state index in [0.29, 0.717) is 0 Å². The summed E-state index contributed by atoms with van der Waals surface area (Å²) in [5.41, 5.74) is 3.93. The molecule has 0 aliphatic heterocycles. The molecule has 0 radical (unpaired) electrons. The van der Waals surface area contributed by atoms with Crippen LogP contribution in [-0.4, -0.2) is 38.6 Å². The largest absolute Gasteiger partial charge is 0.299 e. The number of para-hydroxylation sites is 2. The first-order valence-electron chi connectivity index (χ1n) is 12.9. The first-order chi connectivity index (χ1) is 20.8. The minimum Gasteiger partial charge on any atom is -0.299 e. The number of pyridine rings is 2. The summed E-state index contributed by atoms with van der Waals surface area (Å²) < 4.78 is 5.95. The molecule has 10 heteroatoms. The Morgan fingerprint density at radius 1 is 0.500 bits per heavy atom. The number of imidazole rings is 3. The molecule has 5 heterocycles. The van der Waals surface area contributed by atoms with E-state index in [2.05, 4.69) is 34.6 Å². The van der Waals surface area contributed by atoms with Crippen LogP contribution >= 0.6 is 9.64 Å². The Morgan fingerprint density at radius 3 is 1.29 bits per heavy atom. The Labute approximate surface area is 259 Å². The fraction of sp³-hybridized carbons (Fsp3) is 0.0312. The number of nitrogens with zero attached hydrogens (tertiary/aromatic N) is 8. The van der Waals surface area contributed by atoms with Gasteiger partial charge in [-0.15, -0.1) is 0 Å². The van der Waals surface area contributed by atoms with Crippen LogP contribution in [0.15, 0.2) is 153 Å². The van der Waals surface area contributed by atoms with Crippen LogP contribution in [0.3, 0.4) is 0 Å². The van der Waals surface area contributed by atoms with Crippen molar-refractivity contribution < 1.29 is 17.6 Å². The maximum absolute atomic E-state index is 4.67. The molecule has 7 aromatic rings. The SMILES string of the molecule is Cn1ccnc1.[Cl][Os].c1ccc(-n2ccnc2-c2ccccn2)cc1.c1ccc(-n2ccnc2-c2ccccn2)cc1. The number of aryl methyl sites for hydroxylation is 1. The number of aromatic nitrogens is 8. The van der Waals surface area contributed by atoms with Gasteiger partial charge in [-0.3, -0.25) is 19.1 Å². The maximum Gasteiger partial charge on any atom is 0.163 e. The van der Waals surface area contributed by atoms with E-state index in [1.807, 2.05) is 136 Å². The van der Waals surface area contributed by atoms with Gasteiger partial charge in [0.15, 0.2) is 11.6 Å². The van der Waals surface area contributed by atoms with Crippen LogP contribution in [0.5, 0.6) is 0 Å². The van der Waals surface area contributed by atoms with E-state index in [1.165, 1.54) is 17.6 Å². The average Bonchev–Trinajstić information content (AvgIpc) is 3.87. The summed E-state index contributed by atoms with van der Waals surface area (Å²) in [4.78, 5) is 21.2. The number of benzene rings is 2. The smallest absolute Gasteiger partial charge is 0.163 e. The van der Waals surface area contributed by atoms with Crippen molar-refractivity contribution in [2.75, 3.05) is 0 Å². The number of hydrogen-bond acceptors (Lipinski definition) is 5. The van der Waals surface area contributed by atoms with Crippen molar-refractivity contribution in [3.05, 3.63) is 153 Å². The first-order valence-corrected chi connectivity index (χ1v) is 16.0. The predicted octanol–water partition coefficient (Wildman–Crippen LogP) is 6.98. The zero-order chi connectivity index (χ0) is 29.4. The molecule has 42 heavy (non-hydrogen) atoms. The molecule has 0 unspecified atom stereocenters. The molecule has 0 saturated heterocycles. The summed E-state index contributed by atoms with van der Waals surface area (Å²) in [5.74, 6) is 1.72. The molecular weight excluding hydrogens is 722 g/mol. The molecule has 0 fully saturated rings. The van der Waals surface area contributed by atoms with Crippen molar-refractivity contribution in [1.82, 2.24) is 38.6 Å². The van der Waals surface area contributed by atoms with Gasteiger partial charge in [0.05, 0.1) is 6.33 Å². The van der Waals surface area contributed by atoms with Gasteiger partial charge in [0.25, 0.3) is 0 Å². The Kier molecular flexibility index (Phi) is 11.9. The fourth-order valence-electron chi connectivity index (χ4n) is 3.90. The molecule has 2 aromatic carbocycles. The van der Waals surface area contributed by atoms with Crippen molar-refractivity contribution in [3.63, 3.8) is 0 Å². The zero-order valence-electron chi connectivity index (χ0n) is 22.7. The molecule has 8 nitrogen and oxygen atoms in total. The molecule has 7 rings (SSSR count). The molecule has 0 saturated carbocycles. The zero-order valence-corrected chi connectivity index (χ0v) is 26.0. The van der Waals surface area contributed by atoms with Gasteiger partial charge < -0.3 is 4.57 Å². The molecule has 0 aliphatic rings. The van der Waals surface area contributed by atoms with Gasteiger partial charge in [0.2, 0.25) is 0 Å². The molecule has 5 aromatic heterocycles. The average molecular weight is 750 g/mol. The molecule has 211 valence electrons. The normalized spacial score (nSPS) is 9.79. The monoisotopic (exact) mass is 751 g/mol. The Bertz CT molecular complexity index is 1470. The van der Waals surface area contributed by atoms with Crippen LogP contribution in [0.4, 0.5) is 0 Å². The molecule has 0 bridgehead atoms. The van der Waals surface area contributed by atoms with Crippen molar-refractivity contribution in [2.24, 2.45) is 7.05 Å². The van der Waals surface area contributed by atoms with E-state index >= 15 is 0 Å². The van der Waals surface area contributed by atoms with E-state index in [9.17, 15) is 0 Å². The minimum absolute atomic E-state index is 0.858. The summed E-state index contributed by atoms with van der Waals surface area (Å²) >= 11 is 1.33. The van der Waals surface area contributed by atoms with Gasteiger partial charge in [-0.05, 0) is 48.5 Å². The number of hydrogen-bond donors (Lipinski definition) is 0. The van der Waals surface area contributed by atoms with Crippen molar-refractivity contribution >= 4 is 9.64 Å². The number of halogens is 1. The van der Waals surface area contributed by atoms with Gasteiger partial charge in [0, 0.05) is 68.0 Å². The van der Waals surface area contributed by atoms with Gasteiger partial charge in [-0.25, -0.2) is 15.0 Å². The minimum atomic E-state index is 0.858. The van der Waals surface area contributed by atoms with E-state index in [-0.39, 0.29) is 0 Å². The quantitative estimate of drug-likeness (QED) is 0.194. The fourth-order valence-corrected chi connectivity index (χ4v) is 3.90. The third kappa shape index (κ3) is 8.40. The van der Waals surface area contributed by atoms with Crippen LogP contribution < -0.4 is 0 Å². The number of rotatable bonds is 4. The first kappa shape index (κ1) is 30.3. The molecular formula is C32H28ClN8Os. The second-order valence-electron chi connectivity index (χ2n) is 8.57. The third-order valence-corrected chi connectivity index (χ3v) is 5.77. The Balaban J connectivity index is 0.000000154. The molecule has 0 spiro atoms. The van der Waals surface area contributed by atoms with Crippen molar-refractivity contribution in [1.29, 1.82) is 0 Å². The van der Waals surface area contributed by atoms with E-state index in [0.717, 1.165) is 34.4 Å². The predicted molar refractivity (Wildman–Crippen MR) is 163 cm³/mol. The van der Waals surface area contributed by atoms with Crippen LogP contribution in [0.1, 0.15) is 0 Å². The summed E-state index contributed by atoms with van der Waals surface area (Å²) in [6.07, 6.45) is 16.4. The molecule has 0 aliphatic carbocycles. The second kappa shape index (κ2) is 16.5. The van der Waals surface area contributed by atoms with Gasteiger partial charge in [0.1, 0.15) is 11.4 Å².